The van der Waals surface area contributed by atoms with Gasteiger partial charge in [-0.15, -0.1) is 11.3 Å². The van der Waals surface area contributed by atoms with Crippen LogP contribution in [-0.2, 0) is 12.8 Å². The number of aromatic nitrogens is 1. The van der Waals surface area contributed by atoms with Gasteiger partial charge in [0.05, 0.1) is 5.39 Å². The van der Waals surface area contributed by atoms with E-state index in [2.05, 4.69) is 31.1 Å². The van der Waals surface area contributed by atoms with Crippen LogP contribution in [0.4, 0.5) is 5.69 Å². The zero-order valence-corrected chi connectivity index (χ0v) is 17.1. The molecule has 1 unspecified atom stereocenters. The van der Waals surface area contributed by atoms with E-state index in [0.29, 0.717) is 27.7 Å². The molecule has 6 heteroatoms. The summed E-state index contributed by atoms with van der Waals surface area (Å²) in [5.41, 5.74) is 1.99. The highest BCUT2D eigenvalue weighted by Crippen LogP contribution is 2.41. The van der Waals surface area contributed by atoms with Crippen LogP contribution < -0.4 is 10.9 Å². The molecule has 1 amide bonds. The lowest BCUT2D eigenvalue weighted by molar-refractivity contribution is 0.102. The molecular formula is C22H24N2O3S. The van der Waals surface area contributed by atoms with Gasteiger partial charge in [-0.05, 0) is 54.4 Å². The molecule has 146 valence electrons. The fraction of sp³-hybridized carbons (Fsp3) is 0.364. The van der Waals surface area contributed by atoms with Gasteiger partial charge in [0.15, 0.2) is 0 Å². The summed E-state index contributed by atoms with van der Waals surface area (Å²) < 4.78 is 0. The van der Waals surface area contributed by atoms with Gasteiger partial charge < -0.3 is 15.4 Å². The topological polar surface area (TPSA) is 82.2 Å². The molecular weight excluding hydrogens is 372 g/mol. The number of benzene rings is 1. The van der Waals surface area contributed by atoms with Crippen molar-refractivity contribution in [1.29, 1.82) is 0 Å². The number of aryl methyl sites for hydroxylation is 1. The highest BCUT2D eigenvalue weighted by molar-refractivity contribution is 7.18. The number of carbonyl (C=O) groups is 1. The van der Waals surface area contributed by atoms with Gasteiger partial charge >= 0.3 is 0 Å². The van der Waals surface area contributed by atoms with E-state index < -0.39 is 11.5 Å². The summed E-state index contributed by atoms with van der Waals surface area (Å²) in [4.78, 5) is 30.1. The predicted octanol–water partition coefficient (Wildman–Crippen LogP) is 4.80. The van der Waals surface area contributed by atoms with Crippen molar-refractivity contribution >= 4 is 33.1 Å². The van der Waals surface area contributed by atoms with Crippen LogP contribution in [0.15, 0.2) is 29.1 Å². The van der Waals surface area contributed by atoms with Gasteiger partial charge in [-0.3, -0.25) is 9.59 Å². The molecule has 28 heavy (non-hydrogen) atoms. The molecule has 2 aromatic heterocycles. The second-order valence-electron chi connectivity index (χ2n) is 7.97. The summed E-state index contributed by atoms with van der Waals surface area (Å²) in [5, 5.41) is 14.3. The fourth-order valence-electron chi connectivity index (χ4n) is 3.87. The highest BCUT2D eigenvalue weighted by Gasteiger charge is 2.27. The van der Waals surface area contributed by atoms with E-state index in [1.54, 1.807) is 6.07 Å². The van der Waals surface area contributed by atoms with Gasteiger partial charge in [-0.2, -0.15) is 0 Å². The maximum atomic E-state index is 12.8. The minimum absolute atomic E-state index is 0.205. The highest BCUT2D eigenvalue weighted by atomic mass is 32.1. The molecule has 0 fully saturated rings. The van der Waals surface area contributed by atoms with Crippen molar-refractivity contribution in [2.75, 3.05) is 5.32 Å². The largest absolute Gasteiger partial charge is 0.506 e. The second kappa shape index (κ2) is 7.09. The number of rotatable bonds is 3. The molecule has 0 spiro atoms. The van der Waals surface area contributed by atoms with Gasteiger partial charge in [0, 0.05) is 10.6 Å². The van der Waals surface area contributed by atoms with Crippen LogP contribution in [0, 0.1) is 5.92 Å². The number of nitrogens with one attached hydrogen (secondary N) is 2. The maximum absolute atomic E-state index is 12.8. The van der Waals surface area contributed by atoms with Crippen molar-refractivity contribution in [3.63, 3.8) is 0 Å². The van der Waals surface area contributed by atoms with Crippen molar-refractivity contribution in [3.8, 4) is 5.75 Å². The first-order valence-electron chi connectivity index (χ1n) is 9.66. The average Bonchev–Trinajstić information content (AvgIpc) is 2.98. The molecule has 1 aromatic carbocycles. The number of pyridine rings is 1. The summed E-state index contributed by atoms with van der Waals surface area (Å²) >= 11 is 1.51. The second-order valence-corrected chi connectivity index (χ2v) is 9.07. The van der Waals surface area contributed by atoms with Crippen LogP contribution in [0.25, 0.3) is 10.2 Å². The lowest BCUT2D eigenvalue weighted by Gasteiger charge is -2.18. The maximum Gasteiger partial charge on any atom is 0.265 e. The standard InChI is InChI=1S/C22H24N2O3S/c1-11(2)13-5-4-6-14(10-13)23-20(26)18-19(25)17-15-8-7-12(3)9-16(15)28-22(17)24-21(18)27/h4-6,10-12H,7-9H2,1-3H3,(H,23,26)(H2,24,25,27). The quantitative estimate of drug-likeness (QED) is 0.595. The molecule has 0 bridgehead atoms. The molecule has 1 atom stereocenters. The zero-order valence-electron chi connectivity index (χ0n) is 16.3. The Morgan fingerprint density at radius 3 is 2.89 bits per heavy atom. The molecule has 1 aliphatic carbocycles. The normalized spacial score (nSPS) is 16.4. The van der Waals surface area contributed by atoms with E-state index in [9.17, 15) is 14.7 Å². The first kappa shape index (κ1) is 18.7. The molecule has 0 saturated carbocycles. The van der Waals surface area contributed by atoms with Crippen molar-refractivity contribution in [1.82, 2.24) is 4.98 Å². The Kier molecular flexibility index (Phi) is 4.75. The van der Waals surface area contributed by atoms with Crippen molar-refractivity contribution in [2.24, 2.45) is 5.92 Å². The number of H-pyrrole nitrogens is 1. The number of carbonyl (C=O) groups excluding carboxylic acids is 1. The summed E-state index contributed by atoms with van der Waals surface area (Å²) in [7, 11) is 0. The van der Waals surface area contributed by atoms with Gasteiger partial charge in [-0.1, -0.05) is 32.9 Å². The monoisotopic (exact) mass is 396 g/mol. The Hall–Kier alpha value is -2.60. The van der Waals surface area contributed by atoms with E-state index in [4.69, 9.17) is 0 Å². The third kappa shape index (κ3) is 3.22. The van der Waals surface area contributed by atoms with Crippen molar-refractivity contribution in [3.05, 3.63) is 56.2 Å². The zero-order chi connectivity index (χ0) is 20.0. The molecule has 2 heterocycles. The Balaban J connectivity index is 1.75. The fourth-order valence-corrected chi connectivity index (χ4v) is 5.27. The Labute approximate surface area is 167 Å². The van der Waals surface area contributed by atoms with Crippen LogP contribution >= 0.6 is 11.3 Å². The number of fused-ring (bicyclic) bond motifs is 3. The van der Waals surface area contributed by atoms with Gasteiger partial charge in [-0.25, -0.2) is 0 Å². The average molecular weight is 397 g/mol. The third-order valence-corrected chi connectivity index (χ3v) is 6.65. The number of aromatic hydroxyl groups is 1. The number of aromatic amines is 1. The van der Waals surface area contributed by atoms with Gasteiger partial charge in [0.2, 0.25) is 0 Å². The number of hydrogen-bond acceptors (Lipinski definition) is 4. The number of anilines is 1. The third-order valence-electron chi connectivity index (χ3n) is 5.48. The van der Waals surface area contributed by atoms with Crippen LogP contribution in [0.3, 0.4) is 0 Å². The van der Waals surface area contributed by atoms with Crippen LogP contribution in [0.1, 0.15) is 59.5 Å². The lowest BCUT2D eigenvalue weighted by atomic mass is 9.89. The smallest absolute Gasteiger partial charge is 0.265 e. The number of thiophene rings is 1. The van der Waals surface area contributed by atoms with Crippen LogP contribution in [-0.4, -0.2) is 16.0 Å². The molecule has 1 aliphatic rings. The minimum Gasteiger partial charge on any atom is -0.506 e. The minimum atomic E-state index is -0.592. The molecule has 3 N–H and O–H groups in total. The number of amides is 1. The first-order chi connectivity index (χ1) is 13.3. The van der Waals surface area contributed by atoms with E-state index in [0.717, 1.165) is 30.4 Å². The van der Waals surface area contributed by atoms with Gasteiger partial charge in [0.1, 0.15) is 16.1 Å². The summed E-state index contributed by atoms with van der Waals surface area (Å²) in [5.74, 6) is 0.115. The summed E-state index contributed by atoms with van der Waals surface area (Å²) in [6.07, 6.45) is 2.84. The molecule has 3 aromatic rings. The molecule has 0 saturated heterocycles. The van der Waals surface area contributed by atoms with Crippen LogP contribution in [0.2, 0.25) is 0 Å². The Morgan fingerprint density at radius 2 is 2.14 bits per heavy atom. The van der Waals surface area contributed by atoms with Crippen LogP contribution in [0.5, 0.6) is 5.75 Å². The van der Waals surface area contributed by atoms with E-state index >= 15 is 0 Å². The molecule has 0 radical (unpaired) electrons. The van der Waals surface area contributed by atoms with E-state index in [1.807, 2.05) is 18.2 Å². The van der Waals surface area contributed by atoms with E-state index in [1.165, 1.54) is 16.2 Å². The predicted molar refractivity (Wildman–Crippen MR) is 114 cm³/mol. The number of hydrogen-bond donors (Lipinski definition) is 3. The summed E-state index contributed by atoms with van der Waals surface area (Å²) in [6.45, 7) is 6.36. The van der Waals surface area contributed by atoms with E-state index in [-0.39, 0.29) is 11.3 Å². The van der Waals surface area contributed by atoms with Crippen molar-refractivity contribution in [2.45, 2.75) is 46.0 Å². The van der Waals surface area contributed by atoms with Gasteiger partial charge in [0.25, 0.3) is 11.5 Å². The van der Waals surface area contributed by atoms with Crippen molar-refractivity contribution < 1.29 is 9.90 Å². The molecule has 5 nitrogen and oxygen atoms in total. The molecule has 0 aliphatic heterocycles. The lowest BCUT2D eigenvalue weighted by Crippen LogP contribution is -2.23. The Morgan fingerprint density at radius 1 is 1.36 bits per heavy atom. The molecule has 4 rings (SSSR count). The first-order valence-corrected chi connectivity index (χ1v) is 10.5. The SMILES string of the molecule is CC1CCc2c(sc3[nH]c(=O)c(C(=O)Nc4cccc(C(C)C)c4)c(O)c23)C1. The Bertz CT molecular complexity index is 1130. The summed E-state index contributed by atoms with van der Waals surface area (Å²) in [6, 6.07) is 7.53.